The number of hydrogen-bond acceptors (Lipinski definition) is 4. The van der Waals surface area contributed by atoms with Gasteiger partial charge in [0.05, 0.1) is 34.0 Å². The second-order valence-corrected chi connectivity index (χ2v) is 11.9. The molecule has 6 aromatic rings. The van der Waals surface area contributed by atoms with Gasteiger partial charge in [0, 0.05) is 20.9 Å². The molecule has 42 heavy (non-hydrogen) atoms. The molecule has 2 heterocycles. The van der Waals surface area contributed by atoms with Gasteiger partial charge < -0.3 is 0 Å². The van der Waals surface area contributed by atoms with Gasteiger partial charge in [-0.2, -0.15) is 5.10 Å². The normalized spacial score (nSPS) is 14.8. The number of anilines is 1. The minimum atomic E-state index is -0.133. The number of halogens is 2. The highest BCUT2D eigenvalue weighted by Crippen LogP contribution is 2.37. The van der Waals surface area contributed by atoms with Crippen molar-refractivity contribution in [3.05, 3.63) is 158 Å². The minimum Gasteiger partial charge on any atom is -0.268 e. The van der Waals surface area contributed by atoms with Gasteiger partial charge in [0.1, 0.15) is 5.82 Å². The molecule has 1 atom stereocenters. The van der Waals surface area contributed by atoms with Crippen LogP contribution in [0.3, 0.4) is 0 Å². The van der Waals surface area contributed by atoms with Crippen LogP contribution in [-0.4, -0.2) is 15.3 Å². The lowest BCUT2D eigenvalue weighted by Crippen LogP contribution is -2.22. The van der Waals surface area contributed by atoms with E-state index in [1.807, 2.05) is 91.0 Å². The summed E-state index contributed by atoms with van der Waals surface area (Å²) in [5, 5.41) is 7.73. The average molecular weight is 676 g/mol. The quantitative estimate of drug-likeness (QED) is 0.183. The molecule has 5 nitrogen and oxygen atoms in total. The summed E-state index contributed by atoms with van der Waals surface area (Å²) in [4.78, 5) is 19.0. The zero-order valence-electron chi connectivity index (χ0n) is 22.4. The zero-order valence-corrected chi connectivity index (χ0v) is 25.5. The Bertz CT molecular complexity index is 1990. The van der Waals surface area contributed by atoms with Crippen molar-refractivity contribution >= 4 is 54.2 Å². The minimum absolute atomic E-state index is 0.0946. The van der Waals surface area contributed by atoms with Crippen LogP contribution in [0.5, 0.6) is 0 Å². The Hall–Kier alpha value is -4.33. The number of nitrogens with zero attached hydrogens (tertiary/aromatic N) is 4. The molecule has 1 aromatic heterocycles. The van der Waals surface area contributed by atoms with Crippen LogP contribution in [0, 0.1) is 0 Å². The lowest BCUT2D eigenvalue weighted by molar-refractivity contribution is 0.709. The maximum absolute atomic E-state index is 14.0. The second-order valence-electron chi connectivity index (χ2n) is 10.1. The first kappa shape index (κ1) is 26.6. The van der Waals surface area contributed by atoms with Gasteiger partial charge in [0.25, 0.3) is 5.56 Å². The van der Waals surface area contributed by atoms with E-state index in [2.05, 4.69) is 73.3 Å². The van der Waals surface area contributed by atoms with Crippen molar-refractivity contribution in [1.82, 2.24) is 9.55 Å². The van der Waals surface area contributed by atoms with Gasteiger partial charge in [-0.05, 0) is 63.5 Å². The summed E-state index contributed by atoms with van der Waals surface area (Å²) >= 11 is 7.13. The third-order valence-corrected chi connectivity index (χ3v) is 8.56. The third-order valence-electron chi connectivity index (χ3n) is 7.50. The van der Waals surface area contributed by atoms with Gasteiger partial charge >= 0.3 is 0 Å². The molecule has 0 saturated heterocycles. The molecule has 1 aliphatic rings. The van der Waals surface area contributed by atoms with Crippen LogP contribution >= 0.6 is 31.9 Å². The molecule has 7 rings (SSSR count). The van der Waals surface area contributed by atoms with E-state index in [0.29, 0.717) is 16.7 Å². The van der Waals surface area contributed by atoms with Crippen molar-refractivity contribution in [3.63, 3.8) is 0 Å². The van der Waals surface area contributed by atoms with Crippen molar-refractivity contribution in [1.29, 1.82) is 0 Å². The maximum atomic E-state index is 14.0. The molecule has 0 saturated carbocycles. The first-order chi connectivity index (χ1) is 20.6. The monoisotopic (exact) mass is 674 g/mol. The summed E-state index contributed by atoms with van der Waals surface area (Å²) in [7, 11) is 0. The van der Waals surface area contributed by atoms with E-state index in [1.54, 1.807) is 4.57 Å². The highest BCUT2D eigenvalue weighted by atomic mass is 79.9. The Morgan fingerprint density at radius 3 is 2.02 bits per heavy atom. The number of hydrogen-bond donors (Lipinski definition) is 0. The van der Waals surface area contributed by atoms with E-state index < -0.39 is 0 Å². The number of rotatable bonds is 5. The highest BCUT2D eigenvalue weighted by molar-refractivity contribution is 9.11. The van der Waals surface area contributed by atoms with Crippen LogP contribution in [0.15, 0.2) is 146 Å². The number of para-hydroxylation sites is 1. The van der Waals surface area contributed by atoms with E-state index in [9.17, 15) is 4.79 Å². The fourth-order valence-corrected chi connectivity index (χ4v) is 6.79. The topological polar surface area (TPSA) is 50.5 Å². The highest BCUT2D eigenvalue weighted by Gasteiger charge is 2.30. The fourth-order valence-electron chi connectivity index (χ4n) is 5.48. The van der Waals surface area contributed by atoms with Crippen LogP contribution in [0.2, 0.25) is 0 Å². The van der Waals surface area contributed by atoms with E-state index in [0.717, 1.165) is 43.6 Å². The van der Waals surface area contributed by atoms with E-state index in [4.69, 9.17) is 10.1 Å². The van der Waals surface area contributed by atoms with Gasteiger partial charge in [-0.3, -0.25) is 14.4 Å². The van der Waals surface area contributed by atoms with Crippen molar-refractivity contribution in [3.8, 4) is 17.1 Å². The van der Waals surface area contributed by atoms with E-state index in [1.165, 1.54) is 5.56 Å². The molecule has 0 spiro atoms. The Labute approximate surface area is 260 Å². The molecule has 1 aliphatic heterocycles. The predicted molar refractivity (Wildman–Crippen MR) is 177 cm³/mol. The van der Waals surface area contributed by atoms with E-state index >= 15 is 0 Å². The molecule has 0 bridgehead atoms. The SMILES string of the molecule is O=c1c2cc(Br)cc(Br)c2nc(-c2ccccc2)n1-c1ccc(C2=NN(c3ccccc3)C(c3ccccc3)C2)cc1. The number of aromatic nitrogens is 2. The fraction of sp³-hybridized carbons (Fsp3) is 0.0571. The summed E-state index contributed by atoms with van der Waals surface area (Å²) in [6, 6.07) is 42.5. The van der Waals surface area contributed by atoms with Crippen molar-refractivity contribution in [2.75, 3.05) is 5.01 Å². The Balaban J connectivity index is 1.32. The standard InChI is InChI=1S/C35H24Br2N4O/c36-26-20-29-33(30(37)21-26)38-34(25-12-6-2-7-13-25)40(35(29)42)27-18-16-23(17-19-27)31-22-32(24-10-4-1-5-11-24)41(39-31)28-14-8-3-9-15-28/h1-21,32H,22H2. The maximum Gasteiger partial charge on any atom is 0.266 e. The van der Waals surface area contributed by atoms with Crippen molar-refractivity contribution < 1.29 is 0 Å². The first-order valence-electron chi connectivity index (χ1n) is 13.6. The van der Waals surface area contributed by atoms with Crippen LogP contribution in [0.4, 0.5) is 5.69 Å². The molecule has 1 unspecified atom stereocenters. The Kier molecular flexibility index (Phi) is 7.06. The molecular weight excluding hydrogens is 652 g/mol. The molecule has 0 amide bonds. The number of hydrazone groups is 1. The van der Waals surface area contributed by atoms with Gasteiger partial charge in [0.15, 0.2) is 0 Å². The lowest BCUT2D eigenvalue weighted by Gasteiger charge is -2.23. The summed E-state index contributed by atoms with van der Waals surface area (Å²) in [6.45, 7) is 0. The molecule has 5 aromatic carbocycles. The number of fused-ring (bicyclic) bond motifs is 1. The smallest absolute Gasteiger partial charge is 0.266 e. The van der Waals surface area contributed by atoms with Crippen LogP contribution in [0.25, 0.3) is 28.0 Å². The molecule has 204 valence electrons. The van der Waals surface area contributed by atoms with Gasteiger partial charge in [0.2, 0.25) is 0 Å². The molecule has 0 fully saturated rings. The summed E-state index contributed by atoms with van der Waals surface area (Å²) in [5.41, 5.74) is 6.39. The van der Waals surface area contributed by atoms with Crippen molar-refractivity contribution in [2.24, 2.45) is 5.10 Å². The van der Waals surface area contributed by atoms with Crippen LogP contribution in [-0.2, 0) is 0 Å². The molecular formula is C35H24Br2N4O. The van der Waals surface area contributed by atoms with E-state index in [-0.39, 0.29) is 11.6 Å². The van der Waals surface area contributed by atoms with Crippen LogP contribution < -0.4 is 10.6 Å². The molecule has 0 N–H and O–H groups in total. The molecule has 0 radical (unpaired) electrons. The molecule has 0 aliphatic carbocycles. The summed E-state index contributed by atoms with van der Waals surface area (Å²) in [5.74, 6) is 0.585. The van der Waals surface area contributed by atoms with Crippen LogP contribution in [0.1, 0.15) is 23.6 Å². The Morgan fingerprint density at radius 2 is 1.33 bits per heavy atom. The Morgan fingerprint density at radius 1 is 0.690 bits per heavy atom. The summed E-state index contributed by atoms with van der Waals surface area (Å²) < 4.78 is 3.27. The molecule has 7 heteroatoms. The number of benzene rings is 5. The lowest BCUT2D eigenvalue weighted by atomic mass is 9.98. The first-order valence-corrected chi connectivity index (χ1v) is 15.2. The third kappa shape index (κ3) is 4.89. The largest absolute Gasteiger partial charge is 0.268 e. The average Bonchev–Trinajstić information content (AvgIpc) is 3.49. The zero-order chi connectivity index (χ0) is 28.6. The van der Waals surface area contributed by atoms with Gasteiger partial charge in [-0.1, -0.05) is 107 Å². The second kappa shape index (κ2) is 11.2. The predicted octanol–water partition coefficient (Wildman–Crippen LogP) is 8.93. The summed E-state index contributed by atoms with van der Waals surface area (Å²) in [6.07, 6.45) is 0.771. The van der Waals surface area contributed by atoms with Gasteiger partial charge in [-0.25, -0.2) is 4.98 Å². The van der Waals surface area contributed by atoms with Gasteiger partial charge in [-0.15, -0.1) is 0 Å². The van der Waals surface area contributed by atoms with Crippen molar-refractivity contribution in [2.45, 2.75) is 12.5 Å².